The fourth-order valence-electron chi connectivity index (χ4n) is 1.61. The molecule has 1 atom stereocenters. The van der Waals surface area contributed by atoms with E-state index < -0.39 is 5.92 Å². The lowest BCUT2D eigenvalue weighted by molar-refractivity contribution is -0.142. The Morgan fingerprint density at radius 2 is 2.29 bits per heavy atom. The van der Waals surface area contributed by atoms with E-state index in [-0.39, 0.29) is 11.8 Å². The predicted molar refractivity (Wildman–Crippen MR) is 68.8 cm³/mol. The van der Waals surface area contributed by atoms with Crippen molar-refractivity contribution < 1.29 is 13.9 Å². The molecule has 1 unspecified atom stereocenters. The third-order valence-electron chi connectivity index (χ3n) is 2.45. The summed E-state index contributed by atoms with van der Waals surface area (Å²) in [5.41, 5.74) is 0.725. The van der Waals surface area contributed by atoms with E-state index in [0.717, 1.165) is 5.56 Å². The maximum Gasteiger partial charge on any atom is 0.313 e. The van der Waals surface area contributed by atoms with Gasteiger partial charge in [-0.25, -0.2) is 4.39 Å². The number of hydrogen-bond acceptors (Lipinski definition) is 2. The average Bonchev–Trinajstić information content (AvgIpc) is 2.31. The Hall–Kier alpha value is -0.610. The molecule has 1 aromatic rings. The molecule has 17 heavy (non-hydrogen) atoms. The van der Waals surface area contributed by atoms with Crippen molar-refractivity contribution in [1.82, 2.24) is 0 Å². The zero-order valence-electron chi connectivity index (χ0n) is 9.38. The number of esters is 1. The minimum Gasteiger partial charge on any atom is -0.469 e. The van der Waals surface area contributed by atoms with Crippen LogP contribution < -0.4 is 0 Å². The van der Waals surface area contributed by atoms with Crippen molar-refractivity contribution in [2.45, 2.75) is 18.8 Å². The highest BCUT2D eigenvalue weighted by atomic mass is 79.9. The van der Waals surface area contributed by atoms with E-state index >= 15 is 0 Å². The first-order valence-corrected chi connectivity index (χ1v) is 6.51. The second kappa shape index (κ2) is 6.97. The quantitative estimate of drug-likeness (QED) is 0.607. The zero-order valence-corrected chi connectivity index (χ0v) is 11.7. The van der Waals surface area contributed by atoms with E-state index in [1.807, 2.05) is 0 Å². The normalized spacial score (nSPS) is 12.2. The van der Waals surface area contributed by atoms with Crippen LogP contribution in [0.1, 0.15) is 24.3 Å². The molecular formula is C12H13BrClFO2. The summed E-state index contributed by atoms with van der Waals surface area (Å²) in [6.07, 6.45) is 1.28. The molecular weight excluding hydrogens is 310 g/mol. The molecule has 94 valence electrons. The summed E-state index contributed by atoms with van der Waals surface area (Å²) < 4.78 is 18.3. The number of alkyl halides is 1. The molecule has 0 aliphatic rings. The molecule has 0 heterocycles. The fraction of sp³-hybridized carbons (Fsp3) is 0.417. The van der Waals surface area contributed by atoms with Crippen molar-refractivity contribution in [2.75, 3.05) is 13.0 Å². The number of methoxy groups -OCH3 is 1. The first-order chi connectivity index (χ1) is 8.10. The molecule has 0 saturated carbocycles. The van der Waals surface area contributed by atoms with Gasteiger partial charge in [0, 0.05) is 10.4 Å². The van der Waals surface area contributed by atoms with Gasteiger partial charge in [0.05, 0.1) is 13.0 Å². The third kappa shape index (κ3) is 3.96. The lowest BCUT2D eigenvalue weighted by atomic mass is 9.94. The van der Waals surface area contributed by atoms with E-state index in [1.165, 1.54) is 19.2 Å². The lowest BCUT2D eigenvalue weighted by Crippen LogP contribution is -2.15. The summed E-state index contributed by atoms with van der Waals surface area (Å²) in [5, 5.41) is 0. The molecule has 0 radical (unpaired) electrons. The van der Waals surface area contributed by atoms with Crippen molar-refractivity contribution in [3.8, 4) is 0 Å². The second-order valence-electron chi connectivity index (χ2n) is 3.57. The van der Waals surface area contributed by atoms with Crippen molar-refractivity contribution in [1.29, 1.82) is 0 Å². The molecule has 5 heteroatoms. The van der Waals surface area contributed by atoms with Crippen molar-refractivity contribution in [3.05, 3.63) is 34.1 Å². The van der Waals surface area contributed by atoms with Gasteiger partial charge in [0.2, 0.25) is 0 Å². The van der Waals surface area contributed by atoms with E-state index in [0.29, 0.717) is 23.2 Å². The molecule has 0 saturated heterocycles. The molecule has 2 nitrogen and oxygen atoms in total. The fourth-order valence-corrected chi connectivity index (χ4v) is 2.39. The number of carbonyl (C=O) groups is 1. The highest BCUT2D eigenvalue weighted by Crippen LogP contribution is 2.30. The summed E-state index contributed by atoms with van der Waals surface area (Å²) >= 11 is 8.88. The molecule has 1 rings (SSSR count). The number of halogens is 3. The van der Waals surface area contributed by atoms with E-state index in [4.69, 9.17) is 16.3 Å². The number of benzene rings is 1. The Bertz CT molecular complexity index is 398. The van der Waals surface area contributed by atoms with Crippen LogP contribution in [-0.2, 0) is 9.53 Å². The minimum atomic E-state index is -0.409. The van der Waals surface area contributed by atoms with E-state index in [1.54, 1.807) is 6.07 Å². The number of rotatable bonds is 5. The maximum absolute atomic E-state index is 13.0. The van der Waals surface area contributed by atoms with Gasteiger partial charge in [0.25, 0.3) is 0 Å². The standard InChI is InChI=1S/C12H13BrClFO2/c1-17-12(16)10(3-2-6-14)9-5-4-8(15)7-11(9)13/h4-5,7,10H,2-3,6H2,1H3. The van der Waals surface area contributed by atoms with Crippen LogP contribution in [0.4, 0.5) is 4.39 Å². The first kappa shape index (κ1) is 14.5. The van der Waals surface area contributed by atoms with Crippen LogP contribution in [-0.4, -0.2) is 19.0 Å². The Kier molecular flexibility index (Phi) is 5.92. The van der Waals surface area contributed by atoms with Gasteiger partial charge in [0.15, 0.2) is 0 Å². The maximum atomic E-state index is 13.0. The molecule has 0 amide bonds. The van der Waals surface area contributed by atoms with Gasteiger partial charge in [-0.2, -0.15) is 0 Å². The van der Waals surface area contributed by atoms with Crippen LogP contribution in [0, 0.1) is 5.82 Å². The van der Waals surface area contributed by atoms with Gasteiger partial charge in [0.1, 0.15) is 5.82 Å². The van der Waals surface area contributed by atoms with Crippen molar-refractivity contribution >= 4 is 33.5 Å². The number of ether oxygens (including phenoxy) is 1. The van der Waals surface area contributed by atoms with Crippen LogP contribution in [0.3, 0.4) is 0 Å². The van der Waals surface area contributed by atoms with Crippen molar-refractivity contribution in [2.24, 2.45) is 0 Å². The minimum absolute atomic E-state index is 0.331. The predicted octanol–water partition coefficient (Wildman–Crippen LogP) is 3.86. The Morgan fingerprint density at radius 3 is 2.82 bits per heavy atom. The number of hydrogen-bond donors (Lipinski definition) is 0. The Morgan fingerprint density at radius 1 is 1.59 bits per heavy atom. The Balaban J connectivity index is 2.99. The van der Waals surface area contributed by atoms with Crippen LogP contribution in [0.2, 0.25) is 0 Å². The van der Waals surface area contributed by atoms with Gasteiger partial charge < -0.3 is 4.74 Å². The summed E-state index contributed by atoms with van der Waals surface area (Å²) in [5.74, 6) is -0.607. The van der Waals surface area contributed by atoms with Gasteiger partial charge in [-0.3, -0.25) is 4.79 Å². The summed E-state index contributed by atoms with van der Waals surface area (Å²) in [7, 11) is 1.34. The smallest absolute Gasteiger partial charge is 0.313 e. The average molecular weight is 324 g/mol. The molecule has 0 aliphatic heterocycles. The molecule has 0 N–H and O–H groups in total. The number of carbonyl (C=O) groups excluding carboxylic acids is 1. The molecule has 0 spiro atoms. The molecule has 1 aromatic carbocycles. The van der Waals surface area contributed by atoms with Gasteiger partial charge in [-0.15, -0.1) is 11.6 Å². The summed E-state index contributed by atoms with van der Waals surface area (Å²) in [6.45, 7) is 0. The lowest BCUT2D eigenvalue weighted by Gasteiger charge is -2.16. The van der Waals surface area contributed by atoms with Gasteiger partial charge >= 0.3 is 5.97 Å². The van der Waals surface area contributed by atoms with Gasteiger partial charge in [-0.1, -0.05) is 22.0 Å². The molecule has 0 aliphatic carbocycles. The third-order valence-corrected chi connectivity index (χ3v) is 3.40. The Labute approximate surface area is 113 Å². The van der Waals surface area contributed by atoms with Crippen LogP contribution in [0.5, 0.6) is 0 Å². The molecule has 0 aromatic heterocycles. The van der Waals surface area contributed by atoms with Crippen LogP contribution in [0.15, 0.2) is 22.7 Å². The topological polar surface area (TPSA) is 26.3 Å². The summed E-state index contributed by atoms with van der Waals surface area (Å²) in [6, 6.07) is 4.26. The second-order valence-corrected chi connectivity index (χ2v) is 4.81. The first-order valence-electron chi connectivity index (χ1n) is 5.19. The highest BCUT2D eigenvalue weighted by Gasteiger charge is 2.23. The van der Waals surface area contributed by atoms with Crippen LogP contribution >= 0.6 is 27.5 Å². The van der Waals surface area contributed by atoms with E-state index in [9.17, 15) is 9.18 Å². The van der Waals surface area contributed by atoms with E-state index in [2.05, 4.69) is 15.9 Å². The SMILES string of the molecule is COC(=O)C(CCCCl)c1ccc(F)cc1Br. The molecule has 0 fully saturated rings. The largest absolute Gasteiger partial charge is 0.469 e. The monoisotopic (exact) mass is 322 g/mol. The summed E-state index contributed by atoms with van der Waals surface area (Å²) in [4.78, 5) is 11.7. The van der Waals surface area contributed by atoms with Crippen molar-refractivity contribution in [3.63, 3.8) is 0 Å². The van der Waals surface area contributed by atoms with Gasteiger partial charge in [-0.05, 0) is 30.5 Å². The van der Waals surface area contributed by atoms with Crippen LogP contribution in [0.25, 0.3) is 0 Å². The zero-order chi connectivity index (χ0) is 12.8. The highest BCUT2D eigenvalue weighted by molar-refractivity contribution is 9.10. The molecule has 0 bridgehead atoms.